The van der Waals surface area contributed by atoms with Crippen LogP contribution in [0.3, 0.4) is 0 Å². The van der Waals surface area contributed by atoms with E-state index in [0.717, 1.165) is 25.9 Å². The number of ketones is 2. The summed E-state index contributed by atoms with van der Waals surface area (Å²) in [7, 11) is 0. The second kappa shape index (κ2) is 4.22. The number of carbonyl (C=O) groups is 2. The van der Waals surface area contributed by atoms with E-state index in [-0.39, 0.29) is 18.0 Å². The van der Waals surface area contributed by atoms with Gasteiger partial charge in [0.05, 0.1) is 6.42 Å². The van der Waals surface area contributed by atoms with Crippen LogP contribution in [0.1, 0.15) is 32.1 Å². The quantitative estimate of drug-likeness (QED) is 0.633. The van der Waals surface area contributed by atoms with E-state index >= 15 is 0 Å². The Morgan fingerprint density at radius 3 is 2.07 bits per heavy atom. The SMILES string of the molecule is O=C1CC(=O)CC(C2CCNCC2)C1. The van der Waals surface area contributed by atoms with Crippen molar-refractivity contribution in [2.75, 3.05) is 13.1 Å². The van der Waals surface area contributed by atoms with Crippen LogP contribution in [0.25, 0.3) is 0 Å². The van der Waals surface area contributed by atoms with Gasteiger partial charge in [0.2, 0.25) is 0 Å². The first kappa shape index (κ1) is 9.84. The molecule has 3 nitrogen and oxygen atoms in total. The minimum absolute atomic E-state index is 0.157. The Hall–Kier alpha value is -0.700. The molecule has 1 aliphatic heterocycles. The lowest BCUT2D eigenvalue weighted by Crippen LogP contribution is -2.35. The maximum atomic E-state index is 11.3. The van der Waals surface area contributed by atoms with E-state index in [4.69, 9.17) is 0 Å². The van der Waals surface area contributed by atoms with E-state index in [1.165, 1.54) is 0 Å². The molecule has 0 amide bonds. The predicted octanol–water partition coefficient (Wildman–Crippen LogP) is 0.924. The fraction of sp³-hybridized carbons (Fsp3) is 0.818. The number of rotatable bonds is 1. The van der Waals surface area contributed by atoms with Gasteiger partial charge in [-0.15, -0.1) is 0 Å². The van der Waals surface area contributed by atoms with Crippen LogP contribution in [0, 0.1) is 11.8 Å². The van der Waals surface area contributed by atoms with Gasteiger partial charge in [-0.2, -0.15) is 0 Å². The smallest absolute Gasteiger partial charge is 0.140 e. The molecule has 1 aliphatic carbocycles. The lowest BCUT2D eigenvalue weighted by atomic mass is 9.75. The van der Waals surface area contributed by atoms with Crippen molar-refractivity contribution in [2.45, 2.75) is 32.1 Å². The fourth-order valence-corrected chi connectivity index (χ4v) is 2.67. The van der Waals surface area contributed by atoms with Crippen LogP contribution < -0.4 is 5.32 Å². The van der Waals surface area contributed by atoms with Crippen LogP contribution in [0.5, 0.6) is 0 Å². The molecule has 78 valence electrons. The summed E-state index contributed by atoms with van der Waals surface area (Å²) in [5, 5.41) is 3.31. The van der Waals surface area contributed by atoms with Crippen LogP contribution in [-0.4, -0.2) is 24.7 Å². The number of hydrogen-bond donors (Lipinski definition) is 1. The summed E-state index contributed by atoms with van der Waals surface area (Å²) in [6.45, 7) is 2.09. The average molecular weight is 195 g/mol. The van der Waals surface area contributed by atoms with Crippen LogP contribution >= 0.6 is 0 Å². The number of hydrogen-bond acceptors (Lipinski definition) is 3. The number of carbonyl (C=O) groups excluding carboxylic acids is 2. The standard InChI is InChI=1S/C11H17NO2/c13-10-5-9(6-11(14)7-10)8-1-3-12-4-2-8/h8-9,12H,1-7H2. The molecule has 2 aliphatic rings. The first-order valence-corrected chi connectivity index (χ1v) is 5.50. The third kappa shape index (κ3) is 2.21. The minimum Gasteiger partial charge on any atom is -0.317 e. The van der Waals surface area contributed by atoms with Gasteiger partial charge in [0.1, 0.15) is 11.6 Å². The molecule has 1 saturated heterocycles. The van der Waals surface area contributed by atoms with E-state index in [0.29, 0.717) is 24.7 Å². The van der Waals surface area contributed by atoms with Gasteiger partial charge in [0.25, 0.3) is 0 Å². The zero-order valence-electron chi connectivity index (χ0n) is 8.42. The fourth-order valence-electron chi connectivity index (χ4n) is 2.67. The van der Waals surface area contributed by atoms with E-state index in [2.05, 4.69) is 5.32 Å². The molecular formula is C11H17NO2. The lowest BCUT2D eigenvalue weighted by Gasteiger charge is -2.32. The Morgan fingerprint density at radius 2 is 1.50 bits per heavy atom. The normalized spacial score (nSPS) is 26.9. The van der Waals surface area contributed by atoms with Gasteiger partial charge >= 0.3 is 0 Å². The number of piperidine rings is 1. The van der Waals surface area contributed by atoms with Gasteiger partial charge in [-0.1, -0.05) is 0 Å². The summed E-state index contributed by atoms with van der Waals surface area (Å²) in [4.78, 5) is 22.6. The minimum atomic E-state index is 0.157. The van der Waals surface area contributed by atoms with E-state index in [1.54, 1.807) is 0 Å². The lowest BCUT2D eigenvalue weighted by molar-refractivity contribution is -0.132. The highest BCUT2D eigenvalue weighted by molar-refractivity contribution is 6.01. The first-order valence-electron chi connectivity index (χ1n) is 5.50. The second-order valence-corrected chi connectivity index (χ2v) is 4.51. The summed E-state index contributed by atoms with van der Waals surface area (Å²) < 4.78 is 0. The summed E-state index contributed by atoms with van der Waals surface area (Å²) in [5.41, 5.74) is 0. The molecule has 0 unspecified atom stereocenters. The molecule has 2 rings (SSSR count). The van der Waals surface area contributed by atoms with Crippen LogP contribution in [0.2, 0.25) is 0 Å². The molecular weight excluding hydrogens is 178 g/mol. The highest BCUT2D eigenvalue weighted by atomic mass is 16.1. The van der Waals surface area contributed by atoms with Gasteiger partial charge in [-0.05, 0) is 37.8 Å². The van der Waals surface area contributed by atoms with Crippen molar-refractivity contribution in [3.8, 4) is 0 Å². The highest BCUT2D eigenvalue weighted by Crippen LogP contribution is 2.31. The number of nitrogens with one attached hydrogen (secondary N) is 1. The van der Waals surface area contributed by atoms with Gasteiger partial charge in [-0.25, -0.2) is 0 Å². The Morgan fingerprint density at radius 1 is 0.929 bits per heavy atom. The molecule has 14 heavy (non-hydrogen) atoms. The summed E-state index contributed by atoms with van der Waals surface area (Å²) in [5.74, 6) is 1.27. The Labute approximate surface area is 84.2 Å². The molecule has 0 radical (unpaired) electrons. The van der Waals surface area contributed by atoms with Crippen molar-refractivity contribution >= 4 is 11.6 Å². The Kier molecular flexibility index (Phi) is 2.96. The summed E-state index contributed by atoms with van der Waals surface area (Å²) >= 11 is 0. The van der Waals surface area contributed by atoms with Crippen molar-refractivity contribution in [3.05, 3.63) is 0 Å². The van der Waals surface area contributed by atoms with Crippen LogP contribution in [0.4, 0.5) is 0 Å². The van der Waals surface area contributed by atoms with Crippen LogP contribution in [0.15, 0.2) is 0 Å². The van der Waals surface area contributed by atoms with Gasteiger partial charge in [-0.3, -0.25) is 9.59 Å². The zero-order chi connectivity index (χ0) is 9.97. The third-order valence-corrected chi connectivity index (χ3v) is 3.42. The molecule has 0 atom stereocenters. The van der Waals surface area contributed by atoms with E-state index in [9.17, 15) is 9.59 Å². The third-order valence-electron chi connectivity index (χ3n) is 3.42. The van der Waals surface area contributed by atoms with Crippen molar-refractivity contribution in [1.82, 2.24) is 5.32 Å². The molecule has 1 N–H and O–H groups in total. The molecule has 0 aromatic heterocycles. The number of Topliss-reactive ketones (excluding diaryl/α,β-unsaturated/α-hetero) is 2. The maximum Gasteiger partial charge on any atom is 0.140 e. The Balaban J connectivity index is 1.95. The molecule has 3 heteroatoms. The van der Waals surface area contributed by atoms with Crippen molar-refractivity contribution in [2.24, 2.45) is 11.8 Å². The molecule has 1 saturated carbocycles. The van der Waals surface area contributed by atoms with Crippen molar-refractivity contribution in [3.63, 3.8) is 0 Å². The van der Waals surface area contributed by atoms with Gasteiger partial charge < -0.3 is 5.32 Å². The maximum absolute atomic E-state index is 11.3. The first-order chi connectivity index (χ1) is 6.75. The summed E-state index contributed by atoms with van der Waals surface area (Å²) in [6, 6.07) is 0. The molecule has 1 heterocycles. The van der Waals surface area contributed by atoms with Gasteiger partial charge in [0, 0.05) is 12.8 Å². The van der Waals surface area contributed by atoms with E-state index in [1.807, 2.05) is 0 Å². The van der Waals surface area contributed by atoms with Crippen LogP contribution in [-0.2, 0) is 9.59 Å². The monoisotopic (exact) mass is 195 g/mol. The van der Waals surface area contributed by atoms with E-state index < -0.39 is 0 Å². The zero-order valence-corrected chi connectivity index (χ0v) is 8.42. The average Bonchev–Trinajstić information content (AvgIpc) is 2.18. The molecule has 0 aromatic rings. The van der Waals surface area contributed by atoms with Crippen molar-refractivity contribution in [1.29, 1.82) is 0 Å². The largest absolute Gasteiger partial charge is 0.317 e. The second-order valence-electron chi connectivity index (χ2n) is 4.51. The highest BCUT2D eigenvalue weighted by Gasteiger charge is 2.31. The topological polar surface area (TPSA) is 46.2 Å². The van der Waals surface area contributed by atoms with Crippen molar-refractivity contribution < 1.29 is 9.59 Å². The molecule has 0 bridgehead atoms. The molecule has 0 aromatic carbocycles. The molecule has 2 fully saturated rings. The molecule has 0 spiro atoms. The summed E-state index contributed by atoms with van der Waals surface area (Å²) in [6.07, 6.45) is 3.75. The predicted molar refractivity (Wildman–Crippen MR) is 52.9 cm³/mol. The van der Waals surface area contributed by atoms with Gasteiger partial charge in [0.15, 0.2) is 0 Å². The Bertz CT molecular complexity index is 228.